The number of nitrogens with zero attached hydrogens (tertiary/aromatic N) is 1. The van der Waals surface area contributed by atoms with Gasteiger partial charge in [0.2, 0.25) is 0 Å². The lowest BCUT2D eigenvalue weighted by Gasteiger charge is -2.25. The van der Waals surface area contributed by atoms with Crippen LogP contribution in [0.1, 0.15) is 284 Å². The molecule has 0 saturated carbocycles. The van der Waals surface area contributed by atoms with Crippen molar-refractivity contribution in [2.24, 2.45) is 0 Å². The number of esters is 2. The molecule has 0 rings (SSSR count). The number of likely N-dealkylation sites (N-methyl/N-ethyl adjacent to an activating group) is 1. The third-order valence-electron chi connectivity index (χ3n) is 14.7. The maximum absolute atomic E-state index is 13.0. The molecule has 0 spiro atoms. The minimum absolute atomic E-state index is 0.183. The quantitative estimate of drug-likeness (QED) is 0.0211. The molecule has 0 aliphatic carbocycles. The Morgan fingerprint density at radius 1 is 0.353 bits per heavy atom. The predicted molar refractivity (Wildman–Crippen MR) is 364 cm³/mol. The van der Waals surface area contributed by atoms with Crippen LogP contribution in [-0.4, -0.2) is 87.4 Å². The third kappa shape index (κ3) is 67.1. The zero-order valence-electron chi connectivity index (χ0n) is 55.5. The molecule has 0 amide bonds. The molecule has 2 atom stereocenters. The summed E-state index contributed by atoms with van der Waals surface area (Å²) in [6.07, 6.45) is 90.2. The summed E-state index contributed by atoms with van der Waals surface area (Å²) < 4.78 is 23.0. The lowest BCUT2D eigenvalue weighted by atomic mass is 10.0. The van der Waals surface area contributed by atoms with Crippen molar-refractivity contribution >= 4 is 17.9 Å². The molecule has 0 aliphatic heterocycles. The summed E-state index contributed by atoms with van der Waals surface area (Å²) in [6, 6.07) is 0. The van der Waals surface area contributed by atoms with Crippen molar-refractivity contribution < 1.29 is 42.9 Å². The largest absolute Gasteiger partial charge is 0.477 e. The van der Waals surface area contributed by atoms with E-state index in [2.05, 4.69) is 135 Å². The molecule has 85 heavy (non-hydrogen) atoms. The van der Waals surface area contributed by atoms with Crippen LogP contribution in [0.4, 0.5) is 0 Å². The number of ether oxygens (including phenoxy) is 4. The summed E-state index contributed by atoms with van der Waals surface area (Å²) in [4.78, 5) is 37.6. The molecule has 9 heteroatoms. The molecule has 0 aliphatic rings. The number of unbranched alkanes of at least 4 members (excludes halogenated alkanes) is 28. The molecule has 0 fully saturated rings. The van der Waals surface area contributed by atoms with Crippen LogP contribution in [0.15, 0.2) is 122 Å². The Morgan fingerprint density at radius 3 is 0.941 bits per heavy atom. The van der Waals surface area contributed by atoms with Crippen LogP contribution >= 0.6 is 0 Å². The first-order valence-corrected chi connectivity index (χ1v) is 34.7. The number of carboxylic acid groups (broad SMARTS) is 1. The first-order valence-electron chi connectivity index (χ1n) is 34.7. The SMILES string of the molecule is CC/C=C\C/C=C\C/C=C\C/C=C\C/C=C\CCCCCCCCCCCCCCCCCCCC(=O)OC(COC(=O)CCCCCCCCCCCCC/C=C\C/C=C\C/C=C\C/C=C\C/C=C\CC)COC(OCC[N+](C)(C)C)C(=O)O. The van der Waals surface area contributed by atoms with Gasteiger partial charge in [-0.05, 0) is 103 Å². The van der Waals surface area contributed by atoms with E-state index in [1.54, 1.807) is 0 Å². The van der Waals surface area contributed by atoms with Crippen LogP contribution in [0.5, 0.6) is 0 Å². The Balaban J connectivity index is 4.12. The zero-order chi connectivity index (χ0) is 61.9. The van der Waals surface area contributed by atoms with Crippen molar-refractivity contribution in [1.82, 2.24) is 0 Å². The molecular weight excluding hydrogens is 1050 g/mol. The number of allylic oxidation sites excluding steroid dienone is 20. The second kappa shape index (κ2) is 65.7. The maximum Gasteiger partial charge on any atom is 0.361 e. The average molecular weight is 1190 g/mol. The van der Waals surface area contributed by atoms with E-state index in [-0.39, 0.29) is 32.2 Å². The number of rotatable bonds is 63. The number of carbonyl (C=O) groups excluding carboxylic acids is 2. The van der Waals surface area contributed by atoms with E-state index in [0.717, 1.165) is 103 Å². The molecule has 1 N–H and O–H groups in total. The highest BCUT2D eigenvalue weighted by atomic mass is 16.7. The highest BCUT2D eigenvalue weighted by Gasteiger charge is 2.25. The number of quaternary nitrogens is 1. The van der Waals surface area contributed by atoms with E-state index >= 15 is 0 Å². The molecule has 9 nitrogen and oxygen atoms in total. The summed E-state index contributed by atoms with van der Waals surface area (Å²) in [7, 11) is 5.98. The third-order valence-corrected chi connectivity index (χ3v) is 14.7. The van der Waals surface area contributed by atoms with Gasteiger partial charge in [0.25, 0.3) is 6.29 Å². The van der Waals surface area contributed by atoms with Crippen molar-refractivity contribution in [1.29, 1.82) is 0 Å². The Kier molecular flexibility index (Phi) is 62.3. The van der Waals surface area contributed by atoms with Crippen LogP contribution < -0.4 is 0 Å². The fourth-order valence-corrected chi connectivity index (χ4v) is 9.48. The van der Waals surface area contributed by atoms with E-state index in [0.29, 0.717) is 17.4 Å². The van der Waals surface area contributed by atoms with Crippen LogP contribution in [-0.2, 0) is 33.3 Å². The van der Waals surface area contributed by atoms with Crippen LogP contribution in [0.25, 0.3) is 0 Å². The van der Waals surface area contributed by atoms with Gasteiger partial charge in [0.15, 0.2) is 6.10 Å². The number of aliphatic carboxylic acids is 1. The van der Waals surface area contributed by atoms with Gasteiger partial charge in [0.1, 0.15) is 13.2 Å². The Morgan fingerprint density at radius 2 is 0.635 bits per heavy atom. The van der Waals surface area contributed by atoms with Gasteiger partial charge in [-0.2, -0.15) is 0 Å². The molecule has 0 heterocycles. The van der Waals surface area contributed by atoms with Crippen molar-refractivity contribution in [3.05, 3.63) is 122 Å². The van der Waals surface area contributed by atoms with Gasteiger partial charge in [0, 0.05) is 12.8 Å². The van der Waals surface area contributed by atoms with Crippen LogP contribution in [0.2, 0.25) is 0 Å². The topological polar surface area (TPSA) is 108 Å². The van der Waals surface area contributed by atoms with Crippen molar-refractivity contribution in [2.75, 3.05) is 47.5 Å². The van der Waals surface area contributed by atoms with Gasteiger partial charge in [-0.1, -0.05) is 289 Å². The van der Waals surface area contributed by atoms with Gasteiger partial charge in [-0.15, -0.1) is 0 Å². The van der Waals surface area contributed by atoms with Crippen molar-refractivity contribution in [3.8, 4) is 0 Å². The lowest BCUT2D eigenvalue weighted by Crippen LogP contribution is -2.40. The number of hydrogen-bond donors (Lipinski definition) is 1. The summed E-state index contributed by atoms with van der Waals surface area (Å²) >= 11 is 0. The summed E-state index contributed by atoms with van der Waals surface area (Å²) in [5.41, 5.74) is 0. The predicted octanol–water partition coefficient (Wildman–Crippen LogP) is 21.6. The fraction of sp³-hybridized carbons (Fsp3) is 0.697. The number of carboxylic acids is 1. The van der Waals surface area contributed by atoms with E-state index in [4.69, 9.17) is 18.9 Å². The summed E-state index contributed by atoms with van der Waals surface area (Å²) in [5.74, 6) is -2.01. The zero-order valence-corrected chi connectivity index (χ0v) is 55.5. The van der Waals surface area contributed by atoms with Gasteiger partial charge >= 0.3 is 17.9 Å². The van der Waals surface area contributed by atoms with E-state index in [1.807, 2.05) is 21.1 Å². The van der Waals surface area contributed by atoms with Crippen molar-refractivity contribution in [3.63, 3.8) is 0 Å². The second-order valence-corrected chi connectivity index (χ2v) is 24.1. The Labute approximate surface area is 523 Å². The highest BCUT2D eigenvalue weighted by Crippen LogP contribution is 2.17. The fourth-order valence-electron chi connectivity index (χ4n) is 9.48. The molecule has 0 radical (unpaired) electrons. The van der Waals surface area contributed by atoms with Gasteiger partial charge in [0.05, 0.1) is 34.4 Å². The van der Waals surface area contributed by atoms with Crippen molar-refractivity contribution in [2.45, 2.75) is 296 Å². The molecule has 0 bridgehead atoms. The maximum atomic E-state index is 13.0. The second-order valence-electron chi connectivity index (χ2n) is 24.1. The lowest BCUT2D eigenvalue weighted by molar-refractivity contribution is -0.870. The smallest absolute Gasteiger partial charge is 0.361 e. The molecule has 486 valence electrons. The van der Waals surface area contributed by atoms with Gasteiger partial charge in [-0.25, -0.2) is 4.79 Å². The van der Waals surface area contributed by atoms with E-state index in [1.165, 1.54) is 154 Å². The Hall–Kier alpha value is -4.31. The van der Waals surface area contributed by atoms with Crippen LogP contribution in [0, 0.1) is 0 Å². The number of carbonyl (C=O) groups is 3. The first kappa shape index (κ1) is 80.7. The van der Waals surface area contributed by atoms with Gasteiger partial charge in [-0.3, -0.25) is 9.59 Å². The molecule has 0 aromatic rings. The summed E-state index contributed by atoms with van der Waals surface area (Å²) in [5, 5.41) is 9.75. The van der Waals surface area contributed by atoms with Gasteiger partial charge < -0.3 is 28.5 Å². The Bertz CT molecular complexity index is 1810. The summed E-state index contributed by atoms with van der Waals surface area (Å²) in [6.45, 7) is 4.66. The molecule has 0 aromatic carbocycles. The highest BCUT2D eigenvalue weighted by molar-refractivity contribution is 5.71. The van der Waals surface area contributed by atoms with Crippen LogP contribution in [0.3, 0.4) is 0 Å². The minimum atomic E-state index is -1.52. The first-order chi connectivity index (χ1) is 41.6. The molecular formula is C76H130NO8+. The normalized spacial score (nSPS) is 13.5. The van der Waals surface area contributed by atoms with E-state index in [9.17, 15) is 19.5 Å². The average Bonchev–Trinajstić information content (AvgIpc) is 3.49. The molecule has 0 saturated heterocycles. The molecule has 0 aromatic heterocycles. The minimum Gasteiger partial charge on any atom is -0.477 e. The monoisotopic (exact) mass is 1180 g/mol. The number of hydrogen-bond acceptors (Lipinski definition) is 7. The molecule has 2 unspecified atom stereocenters. The standard InChI is InChI=1S/C76H129NO8/c1-6-8-10-12-14-16-18-20-22-24-26-28-30-32-34-35-36-37-38-39-41-43-45-47-49-51-53-55-57-59-61-63-65-67-74(79)85-72(71-84-76(75(80)81)82-69-68-77(3,4)5)70-83-73(78)66-64-62-60-58-56-54-52-50-48-46-44-42-40-33-31-29-27-25-23-21-19-17-15-13-11-9-7-2/h8-11,14-17,20-23,26-29,32-34,40,72,76H,6-7,12-13,18-19,24-25,30-31,35-39,41-71H2,1-5H3/p+1/b10-8-,11-9-,16-14-,17-15-,22-20-,23-21-,28-26-,29-27-,34-32-,40-33-. The van der Waals surface area contributed by atoms with E-state index < -0.39 is 24.3 Å².